The molecule has 0 aliphatic carbocycles. The Kier molecular flexibility index (Phi) is 6.64. The lowest BCUT2D eigenvalue weighted by atomic mass is 9.98. The van der Waals surface area contributed by atoms with E-state index in [0.717, 1.165) is 23.1 Å². The topological polar surface area (TPSA) is 105 Å². The molecule has 1 aliphatic rings. The number of aromatic nitrogens is 2. The van der Waals surface area contributed by atoms with E-state index in [1.54, 1.807) is 30.5 Å². The molecular weight excluding hydrogens is 474 g/mol. The van der Waals surface area contributed by atoms with Gasteiger partial charge in [0.1, 0.15) is 5.84 Å². The lowest BCUT2D eigenvalue weighted by Gasteiger charge is -2.13. The molecule has 1 aromatic heterocycles. The van der Waals surface area contributed by atoms with Crippen LogP contribution in [0.25, 0.3) is 11.1 Å². The summed E-state index contributed by atoms with van der Waals surface area (Å²) in [6.07, 6.45) is 5.10. The van der Waals surface area contributed by atoms with Crippen molar-refractivity contribution in [2.45, 2.75) is 24.3 Å². The Labute approximate surface area is 209 Å². The van der Waals surface area contributed by atoms with Gasteiger partial charge in [-0.1, -0.05) is 48.5 Å². The van der Waals surface area contributed by atoms with E-state index in [4.69, 9.17) is 0 Å². The summed E-state index contributed by atoms with van der Waals surface area (Å²) in [5, 5.41) is 7.07. The van der Waals surface area contributed by atoms with Gasteiger partial charge in [-0.05, 0) is 53.4 Å². The predicted octanol–water partition coefficient (Wildman–Crippen LogP) is 4.32. The van der Waals surface area contributed by atoms with Gasteiger partial charge in [0, 0.05) is 36.6 Å². The molecule has 36 heavy (non-hydrogen) atoms. The fourth-order valence-electron chi connectivity index (χ4n) is 4.08. The molecule has 2 heterocycles. The highest BCUT2D eigenvalue weighted by atomic mass is 32.2. The monoisotopic (exact) mass is 499 g/mol. The van der Waals surface area contributed by atoms with Gasteiger partial charge in [-0.25, -0.2) is 8.42 Å². The number of anilines is 1. The van der Waals surface area contributed by atoms with Crippen LogP contribution in [0.4, 0.5) is 5.69 Å². The van der Waals surface area contributed by atoms with Gasteiger partial charge in [-0.15, -0.1) is 0 Å². The number of carbonyl (C=O) groups excluding carboxylic acids is 1. The van der Waals surface area contributed by atoms with Crippen LogP contribution in [0.3, 0.4) is 0 Å². The summed E-state index contributed by atoms with van der Waals surface area (Å²) < 4.78 is 29.9. The van der Waals surface area contributed by atoms with Crippen molar-refractivity contribution in [3.8, 4) is 11.1 Å². The van der Waals surface area contributed by atoms with E-state index in [1.165, 1.54) is 12.1 Å². The molecule has 0 bridgehead atoms. The standard InChI is InChI=1S/C27H25N5O3S/c33-27(30-22-6-3-7-23(18-22)36(34,35)31-26-10-4-15-28-26)25-9-2-1-8-24(25)21-13-11-20(12-14-21)19-32-17-5-16-29-32/h1-3,5-9,11-14,16-18H,4,10,15,19H2,(H,28,31)(H,30,33). The van der Waals surface area contributed by atoms with Crippen LogP contribution in [0.2, 0.25) is 0 Å². The van der Waals surface area contributed by atoms with E-state index in [9.17, 15) is 13.2 Å². The van der Waals surface area contributed by atoms with Crippen molar-refractivity contribution in [3.05, 3.63) is 102 Å². The number of hydrogen-bond acceptors (Lipinski definition) is 5. The zero-order valence-electron chi connectivity index (χ0n) is 19.5. The van der Waals surface area contributed by atoms with Gasteiger partial charge in [0.05, 0.1) is 11.4 Å². The lowest BCUT2D eigenvalue weighted by molar-refractivity contribution is 0.102. The third-order valence-electron chi connectivity index (χ3n) is 5.87. The van der Waals surface area contributed by atoms with Gasteiger partial charge in [0.2, 0.25) is 0 Å². The number of sulfonamides is 1. The number of hydrogen-bond donors (Lipinski definition) is 2. The van der Waals surface area contributed by atoms with Crippen molar-refractivity contribution in [1.29, 1.82) is 0 Å². The van der Waals surface area contributed by atoms with Gasteiger partial charge in [-0.2, -0.15) is 5.10 Å². The van der Waals surface area contributed by atoms with E-state index in [0.29, 0.717) is 36.6 Å². The van der Waals surface area contributed by atoms with Gasteiger partial charge >= 0.3 is 0 Å². The van der Waals surface area contributed by atoms with Crippen LogP contribution in [-0.4, -0.2) is 36.5 Å². The summed E-state index contributed by atoms with van der Waals surface area (Å²) in [7, 11) is -3.78. The number of nitrogens with one attached hydrogen (secondary N) is 2. The maximum Gasteiger partial charge on any atom is 0.262 e. The third-order valence-corrected chi connectivity index (χ3v) is 7.25. The van der Waals surface area contributed by atoms with Crippen LogP contribution < -0.4 is 10.0 Å². The van der Waals surface area contributed by atoms with Crippen molar-refractivity contribution in [2.75, 3.05) is 11.9 Å². The minimum absolute atomic E-state index is 0.0657. The molecule has 182 valence electrons. The molecule has 0 fully saturated rings. The summed E-state index contributed by atoms with van der Waals surface area (Å²) in [5.41, 5.74) is 3.66. The summed E-state index contributed by atoms with van der Waals surface area (Å²) in [6.45, 7) is 1.29. The molecule has 0 radical (unpaired) electrons. The smallest absolute Gasteiger partial charge is 0.262 e. The van der Waals surface area contributed by atoms with Crippen LogP contribution in [-0.2, 0) is 16.6 Å². The predicted molar refractivity (Wildman–Crippen MR) is 139 cm³/mol. The first-order valence-electron chi connectivity index (χ1n) is 11.6. The Morgan fingerprint density at radius 2 is 1.81 bits per heavy atom. The number of nitrogens with zero attached hydrogens (tertiary/aromatic N) is 3. The second-order valence-electron chi connectivity index (χ2n) is 8.47. The second-order valence-corrected chi connectivity index (χ2v) is 10.1. The zero-order chi connectivity index (χ0) is 25.0. The molecule has 0 saturated heterocycles. The van der Waals surface area contributed by atoms with Crippen LogP contribution in [0.1, 0.15) is 28.8 Å². The number of carbonyl (C=O) groups is 1. The van der Waals surface area contributed by atoms with Gasteiger partial charge < -0.3 is 5.32 Å². The SMILES string of the molecule is O=C(Nc1cccc(S(=O)(=O)NC2=NCCC2)c1)c1ccccc1-c1ccc(Cn2cccn2)cc1. The Bertz CT molecular complexity index is 1510. The van der Waals surface area contributed by atoms with Gasteiger partial charge in [0.15, 0.2) is 0 Å². The Morgan fingerprint density at radius 1 is 0.972 bits per heavy atom. The maximum atomic E-state index is 13.2. The van der Waals surface area contributed by atoms with Crippen molar-refractivity contribution in [3.63, 3.8) is 0 Å². The molecule has 1 aliphatic heterocycles. The van der Waals surface area contributed by atoms with Crippen molar-refractivity contribution in [1.82, 2.24) is 14.5 Å². The lowest BCUT2D eigenvalue weighted by Crippen LogP contribution is -2.29. The van der Waals surface area contributed by atoms with Crippen molar-refractivity contribution in [2.24, 2.45) is 4.99 Å². The number of aliphatic imine (C=N–C) groups is 1. The molecule has 0 saturated carbocycles. The average molecular weight is 500 g/mol. The number of benzene rings is 3. The first-order chi connectivity index (χ1) is 17.5. The van der Waals surface area contributed by atoms with E-state index in [-0.39, 0.29) is 10.8 Å². The highest BCUT2D eigenvalue weighted by molar-refractivity contribution is 7.90. The maximum absolute atomic E-state index is 13.2. The fourth-order valence-corrected chi connectivity index (χ4v) is 5.21. The molecule has 0 spiro atoms. The molecule has 1 amide bonds. The molecule has 8 nitrogen and oxygen atoms in total. The van der Waals surface area contributed by atoms with Crippen LogP contribution in [0, 0.1) is 0 Å². The van der Waals surface area contributed by atoms with E-state index in [2.05, 4.69) is 20.1 Å². The van der Waals surface area contributed by atoms with Crippen molar-refractivity contribution >= 4 is 27.5 Å². The molecule has 3 aromatic carbocycles. The highest BCUT2D eigenvalue weighted by Crippen LogP contribution is 2.26. The normalized spacial score (nSPS) is 13.3. The second kappa shape index (κ2) is 10.2. The molecule has 9 heteroatoms. The van der Waals surface area contributed by atoms with Crippen LogP contribution in [0.15, 0.2) is 101 Å². The van der Waals surface area contributed by atoms with E-state index < -0.39 is 10.0 Å². The molecular formula is C27H25N5O3S. The zero-order valence-corrected chi connectivity index (χ0v) is 20.3. The average Bonchev–Trinajstić information content (AvgIpc) is 3.59. The number of rotatable bonds is 7. The first-order valence-corrected chi connectivity index (χ1v) is 13.1. The third kappa shape index (κ3) is 5.36. The Hall–Kier alpha value is -4.24. The minimum atomic E-state index is -3.78. The first kappa shape index (κ1) is 23.5. The largest absolute Gasteiger partial charge is 0.322 e. The summed E-state index contributed by atoms with van der Waals surface area (Å²) in [4.78, 5) is 17.5. The molecule has 0 unspecified atom stereocenters. The molecule has 0 atom stereocenters. The summed E-state index contributed by atoms with van der Waals surface area (Å²) >= 11 is 0. The van der Waals surface area contributed by atoms with Gasteiger partial charge in [-0.3, -0.25) is 19.2 Å². The van der Waals surface area contributed by atoms with E-state index in [1.807, 2.05) is 53.3 Å². The number of amides is 1. The Morgan fingerprint density at radius 3 is 2.56 bits per heavy atom. The molecule has 2 N–H and O–H groups in total. The molecule has 4 aromatic rings. The highest BCUT2D eigenvalue weighted by Gasteiger charge is 2.19. The van der Waals surface area contributed by atoms with Crippen molar-refractivity contribution < 1.29 is 13.2 Å². The Balaban J connectivity index is 1.34. The number of amidine groups is 1. The van der Waals surface area contributed by atoms with Crippen LogP contribution >= 0.6 is 0 Å². The van der Waals surface area contributed by atoms with Gasteiger partial charge in [0.25, 0.3) is 15.9 Å². The van der Waals surface area contributed by atoms with E-state index >= 15 is 0 Å². The minimum Gasteiger partial charge on any atom is -0.322 e. The molecule has 5 rings (SSSR count). The summed E-state index contributed by atoms with van der Waals surface area (Å²) in [5.74, 6) is 0.142. The summed E-state index contributed by atoms with van der Waals surface area (Å²) in [6, 6.07) is 23.4. The quantitative estimate of drug-likeness (QED) is 0.395. The van der Waals surface area contributed by atoms with Crippen LogP contribution in [0.5, 0.6) is 0 Å². The fraction of sp³-hybridized carbons (Fsp3) is 0.148.